The van der Waals surface area contributed by atoms with Crippen molar-refractivity contribution in [3.63, 3.8) is 0 Å². The summed E-state index contributed by atoms with van der Waals surface area (Å²) in [6.07, 6.45) is 11.3. The van der Waals surface area contributed by atoms with Gasteiger partial charge < -0.3 is 16.5 Å². The summed E-state index contributed by atoms with van der Waals surface area (Å²) in [4.78, 5) is 23.6. The van der Waals surface area contributed by atoms with E-state index in [0.717, 1.165) is 31.1 Å². The minimum Gasteiger partial charge on any atom is -0.372 e. The number of aliphatic imine (C=N–C) groups is 1. The molecule has 1 saturated carbocycles. The van der Waals surface area contributed by atoms with Gasteiger partial charge in [-0.15, -0.1) is 0 Å². The number of anilines is 1. The molecule has 3 aromatic rings. The van der Waals surface area contributed by atoms with E-state index in [-0.39, 0.29) is 5.56 Å². The van der Waals surface area contributed by atoms with Crippen LogP contribution in [0.25, 0.3) is 5.65 Å². The second-order valence-electron chi connectivity index (χ2n) is 9.14. The van der Waals surface area contributed by atoms with E-state index in [0.29, 0.717) is 23.6 Å². The third-order valence-electron chi connectivity index (χ3n) is 6.68. The Morgan fingerprint density at radius 3 is 2.46 bits per heavy atom. The summed E-state index contributed by atoms with van der Waals surface area (Å²) in [6, 6.07) is 15.3. The van der Waals surface area contributed by atoms with Gasteiger partial charge >= 0.3 is 0 Å². The van der Waals surface area contributed by atoms with Crippen molar-refractivity contribution in [2.24, 2.45) is 27.6 Å². The van der Waals surface area contributed by atoms with E-state index in [9.17, 15) is 4.79 Å². The molecule has 2 aliphatic rings. The third-order valence-corrected chi connectivity index (χ3v) is 6.68. The maximum absolute atomic E-state index is 12.3. The highest BCUT2D eigenvalue weighted by Crippen LogP contribution is 2.24. The van der Waals surface area contributed by atoms with E-state index < -0.39 is 0 Å². The summed E-state index contributed by atoms with van der Waals surface area (Å²) < 4.78 is 1.47. The quantitative estimate of drug-likeness (QED) is 0.324. The molecular weight excluding hydrogens is 438 g/mol. The van der Waals surface area contributed by atoms with E-state index in [1.54, 1.807) is 24.5 Å². The van der Waals surface area contributed by atoms with E-state index in [4.69, 9.17) is 11.6 Å². The molecular formula is C27H35N7O. The molecule has 8 nitrogen and oxygen atoms in total. The van der Waals surface area contributed by atoms with Gasteiger partial charge in [-0.3, -0.25) is 14.2 Å². The van der Waals surface area contributed by atoms with Gasteiger partial charge in [0.25, 0.3) is 5.56 Å². The Labute approximate surface area is 206 Å². The Morgan fingerprint density at radius 1 is 1.06 bits per heavy atom. The molecule has 184 valence electrons. The Kier molecular flexibility index (Phi) is 8.62. The van der Waals surface area contributed by atoms with E-state index in [1.165, 1.54) is 54.7 Å². The van der Waals surface area contributed by atoms with Crippen LogP contribution in [-0.2, 0) is 6.54 Å². The first-order valence-corrected chi connectivity index (χ1v) is 12.5. The van der Waals surface area contributed by atoms with Crippen LogP contribution in [0, 0.1) is 5.92 Å². The van der Waals surface area contributed by atoms with Crippen molar-refractivity contribution in [1.29, 1.82) is 0 Å². The average Bonchev–Trinajstić information content (AvgIpc) is 2.87. The number of rotatable bonds is 6. The number of pyridine rings is 1. The summed E-state index contributed by atoms with van der Waals surface area (Å²) in [6.45, 7) is 3.69. The summed E-state index contributed by atoms with van der Waals surface area (Å²) in [7, 11) is 0. The number of benzene rings is 1. The second kappa shape index (κ2) is 12.3. The van der Waals surface area contributed by atoms with Crippen molar-refractivity contribution in [2.75, 3.05) is 24.5 Å². The predicted octanol–water partition coefficient (Wildman–Crippen LogP) is 3.36. The highest BCUT2D eigenvalue weighted by molar-refractivity contribution is 6.37. The largest absolute Gasteiger partial charge is 0.372 e. The van der Waals surface area contributed by atoms with Crippen molar-refractivity contribution in [2.45, 2.75) is 45.1 Å². The van der Waals surface area contributed by atoms with Crippen molar-refractivity contribution >= 4 is 23.3 Å². The molecule has 0 spiro atoms. The van der Waals surface area contributed by atoms with Crippen LogP contribution in [-0.4, -0.2) is 40.9 Å². The second-order valence-corrected chi connectivity index (χ2v) is 9.14. The van der Waals surface area contributed by atoms with Crippen LogP contribution in [0.4, 0.5) is 5.69 Å². The van der Waals surface area contributed by atoms with Crippen LogP contribution in [0.3, 0.4) is 0 Å². The van der Waals surface area contributed by atoms with E-state index in [1.807, 2.05) is 6.07 Å². The minimum atomic E-state index is -0.187. The zero-order chi connectivity index (χ0) is 24.5. The lowest BCUT2D eigenvalue weighted by molar-refractivity contribution is 0.325. The number of nitrogens with zero attached hydrogens (tertiary/aromatic N) is 5. The lowest BCUT2D eigenvalue weighted by Gasteiger charge is -2.28. The van der Waals surface area contributed by atoms with Crippen LogP contribution in [0.2, 0.25) is 0 Å². The maximum atomic E-state index is 12.3. The van der Waals surface area contributed by atoms with E-state index >= 15 is 0 Å². The van der Waals surface area contributed by atoms with Gasteiger partial charge in [0, 0.05) is 31.0 Å². The van der Waals surface area contributed by atoms with Gasteiger partial charge in [0.1, 0.15) is 11.4 Å². The first-order valence-electron chi connectivity index (χ1n) is 12.5. The molecule has 5 rings (SSSR count). The predicted molar refractivity (Wildman–Crippen MR) is 143 cm³/mol. The first-order chi connectivity index (χ1) is 17.2. The molecule has 0 atom stereocenters. The zero-order valence-electron chi connectivity index (χ0n) is 20.2. The molecule has 0 unspecified atom stereocenters. The molecule has 1 saturated heterocycles. The fraction of sp³-hybridized carbons (Fsp3) is 0.407. The topological polar surface area (TPSA) is 114 Å². The lowest BCUT2D eigenvalue weighted by Crippen LogP contribution is -2.29. The van der Waals surface area contributed by atoms with Crippen molar-refractivity contribution < 1.29 is 0 Å². The molecule has 3 heterocycles. The Balaban J connectivity index is 0.000000421. The number of piperidine rings is 1. The molecule has 2 aromatic heterocycles. The lowest BCUT2D eigenvalue weighted by atomic mass is 9.86. The molecule has 1 aliphatic heterocycles. The van der Waals surface area contributed by atoms with Gasteiger partial charge in [0.05, 0.1) is 18.5 Å². The average molecular weight is 474 g/mol. The summed E-state index contributed by atoms with van der Waals surface area (Å²) in [5, 5.41) is 3.76. The van der Waals surface area contributed by atoms with Gasteiger partial charge in [0.15, 0.2) is 0 Å². The fourth-order valence-electron chi connectivity index (χ4n) is 4.28. The normalized spacial score (nSPS) is 16.7. The van der Waals surface area contributed by atoms with Crippen molar-refractivity contribution in [1.82, 2.24) is 9.38 Å². The van der Waals surface area contributed by atoms with Crippen LogP contribution in [0.15, 0.2) is 69.6 Å². The first kappa shape index (κ1) is 24.6. The van der Waals surface area contributed by atoms with Gasteiger partial charge in [-0.25, -0.2) is 4.98 Å². The maximum Gasteiger partial charge on any atom is 0.258 e. The van der Waals surface area contributed by atoms with Crippen LogP contribution in [0.1, 0.15) is 49.8 Å². The number of hydrogen-bond donors (Lipinski definition) is 2. The number of fused-ring (bicyclic) bond motifs is 1. The molecule has 0 amide bonds. The van der Waals surface area contributed by atoms with Gasteiger partial charge in [0.2, 0.25) is 0 Å². The van der Waals surface area contributed by atoms with E-state index in [2.05, 4.69) is 44.2 Å². The van der Waals surface area contributed by atoms with Crippen LogP contribution in [0.5, 0.6) is 0 Å². The molecule has 0 bridgehead atoms. The SMILES string of the molecule is N/N=C(\C=NCc1ccc(N2CCCCC2)cc1)c1cc(=O)n2ccccc2n1.NCC1CCC1. The van der Waals surface area contributed by atoms with Gasteiger partial charge in [-0.05, 0) is 74.4 Å². The number of hydrogen-bond acceptors (Lipinski definition) is 7. The summed E-state index contributed by atoms with van der Waals surface area (Å²) >= 11 is 0. The summed E-state index contributed by atoms with van der Waals surface area (Å²) in [5.41, 5.74) is 8.84. The molecule has 1 aromatic carbocycles. The summed E-state index contributed by atoms with van der Waals surface area (Å²) in [5.74, 6) is 6.42. The molecule has 8 heteroatoms. The Bertz CT molecular complexity index is 1200. The molecule has 35 heavy (non-hydrogen) atoms. The highest BCUT2D eigenvalue weighted by Gasteiger charge is 2.14. The van der Waals surface area contributed by atoms with Gasteiger partial charge in [-0.1, -0.05) is 24.6 Å². The number of nitrogens with two attached hydrogens (primary N) is 2. The molecule has 0 radical (unpaired) electrons. The monoisotopic (exact) mass is 473 g/mol. The molecule has 1 aliphatic carbocycles. The number of hydrazone groups is 1. The fourth-order valence-corrected chi connectivity index (χ4v) is 4.28. The molecule has 2 fully saturated rings. The van der Waals surface area contributed by atoms with Gasteiger partial charge in [-0.2, -0.15) is 5.10 Å². The minimum absolute atomic E-state index is 0.187. The van der Waals surface area contributed by atoms with Crippen LogP contribution >= 0.6 is 0 Å². The highest BCUT2D eigenvalue weighted by atomic mass is 16.1. The standard InChI is InChI=1S/C22H24N6O.C5H11N/c23-26-20(19-14-22(29)28-13-5-2-6-21(28)25-19)16-24-15-17-7-9-18(10-8-17)27-11-3-1-4-12-27;6-4-5-2-1-3-5/h2,5-10,13-14,16H,1,3-4,11-12,15,23H2;5H,1-4,6H2/b24-16?,26-20+;. The zero-order valence-corrected chi connectivity index (χ0v) is 20.2. The van der Waals surface area contributed by atoms with Crippen molar-refractivity contribution in [3.05, 3.63) is 76.3 Å². The smallest absolute Gasteiger partial charge is 0.258 e. The van der Waals surface area contributed by atoms with Crippen LogP contribution < -0.4 is 22.0 Å². The number of aromatic nitrogens is 2. The van der Waals surface area contributed by atoms with Crippen molar-refractivity contribution in [3.8, 4) is 0 Å². The third kappa shape index (κ3) is 6.54. The molecule has 4 N–H and O–H groups in total. The Hall–Kier alpha value is -3.52. The Morgan fingerprint density at radius 2 is 1.83 bits per heavy atom.